The number of nitrogens with zero attached hydrogens (tertiary/aromatic N) is 1. The summed E-state index contributed by atoms with van der Waals surface area (Å²) in [5, 5.41) is 2.79. The van der Waals surface area contributed by atoms with Gasteiger partial charge >= 0.3 is 6.03 Å². The number of urea groups is 1. The Morgan fingerprint density at radius 1 is 1.11 bits per heavy atom. The average Bonchev–Trinajstić information content (AvgIpc) is 2.63. The SMILES string of the molecule is CCNC(=O)N1C[C@@H](NS(C)(=O)=O)[C@H]1Cc1cccc(-c2ccccc2)c1. The third-order valence-electron chi connectivity index (χ3n) is 4.69. The average molecular weight is 388 g/mol. The predicted octanol–water partition coefficient (Wildman–Crippen LogP) is 2.23. The van der Waals surface area contributed by atoms with Crippen LogP contribution in [0, 0.1) is 0 Å². The van der Waals surface area contributed by atoms with Gasteiger partial charge in [0.25, 0.3) is 0 Å². The van der Waals surface area contributed by atoms with Crippen molar-refractivity contribution in [2.24, 2.45) is 0 Å². The highest BCUT2D eigenvalue weighted by atomic mass is 32.2. The summed E-state index contributed by atoms with van der Waals surface area (Å²) in [6.45, 7) is 2.78. The standard InChI is InChI=1S/C20H25N3O3S/c1-3-21-20(24)23-14-18(22-27(2,25)26)19(23)13-15-8-7-11-17(12-15)16-9-5-4-6-10-16/h4-12,18-19,22H,3,13-14H2,1-2H3,(H,21,24)/t18-,19-/m1/s1. The van der Waals surface area contributed by atoms with Crippen LogP contribution in [0.1, 0.15) is 12.5 Å². The van der Waals surface area contributed by atoms with Gasteiger partial charge in [-0.15, -0.1) is 0 Å². The third-order valence-corrected chi connectivity index (χ3v) is 5.42. The molecule has 7 heteroatoms. The summed E-state index contributed by atoms with van der Waals surface area (Å²) in [4.78, 5) is 14.0. The summed E-state index contributed by atoms with van der Waals surface area (Å²) in [5.41, 5.74) is 3.29. The van der Waals surface area contributed by atoms with E-state index in [0.717, 1.165) is 22.9 Å². The Hall–Kier alpha value is -2.38. The van der Waals surface area contributed by atoms with Crippen molar-refractivity contribution in [1.29, 1.82) is 0 Å². The van der Waals surface area contributed by atoms with E-state index in [-0.39, 0.29) is 18.1 Å². The van der Waals surface area contributed by atoms with Crippen molar-refractivity contribution in [3.05, 3.63) is 60.2 Å². The van der Waals surface area contributed by atoms with Crippen molar-refractivity contribution in [2.45, 2.75) is 25.4 Å². The largest absolute Gasteiger partial charge is 0.338 e. The van der Waals surface area contributed by atoms with E-state index in [4.69, 9.17) is 0 Å². The van der Waals surface area contributed by atoms with E-state index in [0.29, 0.717) is 19.5 Å². The normalized spacial score (nSPS) is 19.4. The summed E-state index contributed by atoms with van der Waals surface area (Å²) in [7, 11) is -3.33. The number of likely N-dealkylation sites (tertiary alicyclic amines) is 1. The number of benzene rings is 2. The first kappa shape index (κ1) is 19.4. The van der Waals surface area contributed by atoms with Crippen molar-refractivity contribution in [2.75, 3.05) is 19.3 Å². The van der Waals surface area contributed by atoms with Crippen LogP contribution in [0.4, 0.5) is 4.79 Å². The van der Waals surface area contributed by atoms with Crippen molar-refractivity contribution in [3.8, 4) is 11.1 Å². The van der Waals surface area contributed by atoms with Crippen molar-refractivity contribution in [3.63, 3.8) is 0 Å². The van der Waals surface area contributed by atoms with Crippen molar-refractivity contribution < 1.29 is 13.2 Å². The van der Waals surface area contributed by atoms with Gasteiger partial charge in [0, 0.05) is 13.1 Å². The molecule has 2 amide bonds. The smallest absolute Gasteiger partial charge is 0.317 e. The van der Waals surface area contributed by atoms with Gasteiger partial charge in [0.2, 0.25) is 10.0 Å². The fraction of sp³-hybridized carbons (Fsp3) is 0.350. The molecule has 27 heavy (non-hydrogen) atoms. The van der Waals surface area contributed by atoms with E-state index in [1.165, 1.54) is 0 Å². The van der Waals surface area contributed by atoms with Crippen LogP contribution < -0.4 is 10.0 Å². The number of sulfonamides is 1. The minimum absolute atomic E-state index is 0.159. The highest BCUT2D eigenvalue weighted by Gasteiger charge is 2.42. The molecular weight excluding hydrogens is 362 g/mol. The molecule has 1 fully saturated rings. The van der Waals surface area contributed by atoms with E-state index >= 15 is 0 Å². The molecule has 2 N–H and O–H groups in total. The fourth-order valence-electron chi connectivity index (χ4n) is 3.43. The fourth-order valence-corrected chi connectivity index (χ4v) is 4.21. The van der Waals surface area contributed by atoms with E-state index in [1.807, 2.05) is 43.3 Å². The Balaban J connectivity index is 1.80. The van der Waals surface area contributed by atoms with E-state index in [1.54, 1.807) is 4.90 Å². The van der Waals surface area contributed by atoms with E-state index in [9.17, 15) is 13.2 Å². The molecule has 144 valence electrons. The van der Waals surface area contributed by atoms with Gasteiger partial charge in [0.15, 0.2) is 0 Å². The Kier molecular flexibility index (Phi) is 5.82. The van der Waals surface area contributed by atoms with Gasteiger partial charge in [0.05, 0.1) is 18.3 Å². The van der Waals surface area contributed by atoms with Gasteiger partial charge < -0.3 is 10.2 Å². The molecule has 0 bridgehead atoms. The molecule has 0 saturated carbocycles. The number of nitrogens with one attached hydrogen (secondary N) is 2. The van der Waals surface area contributed by atoms with Gasteiger partial charge in [-0.3, -0.25) is 0 Å². The summed E-state index contributed by atoms with van der Waals surface area (Å²) in [6.07, 6.45) is 1.74. The monoisotopic (exact) mass is 387 g/mol. The maximum atomic E-state index is 12.3. The molecule has 0 aliphatic carbocycles. The van der Waals surface area contributed by atoms with Crippen LogP contribution in [0.2, 0.25) is 0 Å². The second-order valence-electron chi connectivity index (χ2n) is 6.82. The predicted molar refractivity (Wildman–Crippen MR) is 107 cm³/mol. The second kappa shape index (κ2) is 8.10. The van der Waals surface area contributed by atoms with Crippen LogP contribution >= 0.6 is 0 Å². The Morgan fingerprint density at radius 2 is 1.81 bits per heavy atom. The molecule has 2 aromatic rings. The highest BCUT2D eigenvalue weighted by molar-refractivity contribution is 7.88. The van der Waals surface area contributed by atoms with Crippen LogP contribution in [-0.2, 0) is 16.4 Å². The molecule has 0 aromatic heterocycles. The minimum Gasteiger partial charge on any atom is -0.338 e. The molecule has 2 atom stereocenters. The zero-order valence-corrected chi connectivity index (χ0v) is 16.4. The summed E-state index contributed by atoms with van der Waals surface area (Å²) in [5.74, 6) is 0. The molecule has 6 nitrogen and oxygen atoms in total. The molecule has 2 aromatic carbocycles. The molecule has 1 aliphatic rings. The molecule has 1 aliphatic heterocycles. The Bertz CT molecular complexity index is 900. The van der Waals surface area contributed by atoms with Crippen LogP contribution in [0.3, 0.4) is 0 Å². The van der Waals surface area contributed by atoms with Gasteiger partial charge in [-0.2, -0.15) is 0 Å². The van der Waals surface area contributed by atoms with Gasteiger partial charge in [0.1, 0.15) is 0 Å². The van der Waals surface area contributed by atoms with Crippen LogP contribution in [0.25, 0.3) is 11.1 Å². The molecule has 3 rings (SSSR count). The van der Waals surface area contributed by atoms with Crippen LogP contribution in [0.15, 0.2) is 54.6 Å². The van der Waals surface area contributed by atoms with Crippen LogP contribution in [0.5, 0.6) is 0 Å². The lowest BCUT2D eigenvalue weighted by atomic mass is 9.90. The first-order valence-corrected chi connectivity index (χ1v) is 10.9. The lowest BCUT2D eigenvalue weighted by molar-refractivity contribution is 0.0851. The minimum atomic E-state index is -3.33. The third kappa shape index (κ3) is 4.87. The summed E-state index contributed by atoms with van der Waals surface area (Å²) >= 11 is 0. The molecule has 0 spiro atoms. The molecule has 0 radical (unpaired) electrons. The first-order chi connectivity index (χ1) is 12.9. The van der Waals surface area contributed by atoms with Crippen molar-refractivity contribution >= 4 is 16.1 Å². The number of carbonyl (C=O) groups excluding carboxylic acids is 1. The Morgan fingerprint density at radius 3 is 2.48 bits per heavy atom. The van der Waals surface area contributed by atoms with Gasteiger partial charge in [-0.1, -0.05) is 54.6 Å². The van der Waals surface area contributed by atoms with Crippen LogP contribution in [-0.4, -0.2) is 50.8 Å². The number of rotatable bonds is 6. The van der Waals surface area contributed by atoms with Crippen molar-refractivity contribution in [1.82, 2.24) is 14.9 Å². The second-order valence-corrected chi connectivity index (χ2v) is 8.60. The zero-order chi connectivity index (χ0) is 19.4. The number of amides is 2. The lowest BCUT2D eigenvalue weighted by Crippen LogP contribution is -2.70. The number of carbonyl (C=O) groups is 1. The lowest BCUT2D eigenvalue weighted by Gasteiger charge is -2.48. The summed E-state index contributed by atoms with van der Waals surface area (Å²) in [6, 6.07) is 17.6. The summed E-state index contributed by atoms with van der Waals surface area (Å²) < 4.78 is 25.9. The number of hydrogen-bond acceptors (Lipinski definition) is 3. The molecule has 0 unspecified atom stereocenters. The first-order valence-electron chi connectivity index (χ1n) is 9.03. The molecule has 1 heterocycles. The maximum absolute atomic E-state index is 12.3. The Labute approximate surface area is 160 Å². The molecular formula is C20H25N3O3S. The number of hydrogen-bond donors (Lipinski definition) is 2. The highest BCUT2D eigenvalue weighted by Crippen LogP contribution is 2.26. The topological polar surface area (TPSA) is 78.5 Å². The van der Waals surface area contributed by atoms with E-state index in [2.05, 4.69) is 28.2 Å². The maximum Gasteiger partial charge on any atom is 0.317 e. The zero-order valence-electron chi connectivity index (χ0n) is 15.6. The van der Waals surface area contributed by atoms with Gasteiger partial charge in [-0.05, 0) is 30.0 Å². The quantitative estimate of drug-likeness (QED) is 0.798. The molecule has 1 saturated heterocycles. The van der Waals surface area contributed by atoms with E-state index < -0.39 is 10.0 Å². The van der Waals surface area contributed by atoms with Gasteiger partial charge in [-0.25, -0.2) is 17.9 Å².